The molecule has 0 radical (unpaired) electrons. The number of nitrogens with one attached hydrogen (secondary N) is 2. The van der Waals surface area contributed by atoms with Crippen LogP contribution >= 0.6 is 0 Å². The predicted molar refractivity (Wildman–Crippen MR) is 106 cm³/mol. The van der Waals surface area contributed by atoms with Gasteiger partial charge in [-0.25, -0.2) is 18.3 Å². The van der Waals surface area contributed by atoms with Crippen LogP contribution in [0.5, 0.6) is 0 Å². The summed E-state index contributed by atoms with van der Waals surface area (Å²) in [6.45, 7) is 0. The lowest BCUT2D eigenvalue weighted by Gasteiger charge is -2.31. The number of alkyl halides is 2. The summed E-state index contributed by atoms with van der Waals surface area (Å²) in [6, 6.07) is 7.80. The maximum absolute atomic E-state index is 13.9. The summed E-state index contributed by atoms with van der Waals surface area (Å²) in [6.07, 6.45) is 3.86. The minimum Gasteiger partial charge on any atom is -0.380 e. The molecule has 4 rings (SSSR count). The van der Waals surface area contributed by atoms with Crippen molar-refractivity contribution >= 4 is 22.8 Å². The molecule has 2 aromatic heterocycles. The quantitative estimate of drug-likeness (QED) is 0.608. The Morgan fingerprint density at radius 1 is 1.17 bits per heavy atom. The predicted octanol–water partition coefficient (Wildman–Crippen LogP) is 3.60. The molecular weight excluding hydrogens is 378 g/mol. The third-order valence-electron chi connectivity index (χ3n) is 5.29. The number of hydrogen-bond acceptors (Lipinski definition) is 5. The summed E-state index contributed by atoms with van der Waals surface area (Å²) in [7, 11) is 0. The molecule has 7 nitrogen and oxygen atoms in total. The zero-order valence-electron chi connectivity index (χ0n) is 15.7. The van der Waals surface area contributed by atoms with Crippen LogP contribution < -0.4 is 16.4 Å². The second-order valence-corrected chi connectivity index (χ2v) is 7.19. The van der Waals surface area contributed by atoms with Gasteiger partial charge in [-0.15, -0.1) is 0 Å². The van der Waals surface area contributed by atoms with Crippen LogP contribution in [-0.2, 0) is 0 Å². The number of rotatable bonds is 5. The molecule has 0 bridgehead atoms. The van der Waals surface area contributed by atoms with Gasteiger partial charge in [-0.05, 0) is 37.1 Å². The second-order valence-electron chi connectivity index (χ2n) is 7.19. The maximum atomic E-state index is 13.9. The number of carbonyl (C=O) groups excluding carboxylic acids is 1. The first kappa shape index (κ1) is 19.3. The van der Waals surface area contributed by atoms with Crippen LogP contribution in [0.1, 0.15) is 48.2 Å². The Labute approximate surface area is 166 Å². The molecule has 1 aliphatic rings. The minimum atomic E-state index is -2.76. The molecule has 0 spiro atoms. The number of carbonyl (C=O) groups is 1. The van der Waals surface area contributed by atoms with Gasteiger partial charge in [0.25, 0.3) is 12.3 Å². The van der Waals surface area contributed by atoms with Crippen molar-refractivity contribution < 1.29 is 13.6 Å². The van der Waals surface area contributed by atoms with Gasteiger partial charge in [0.15, 0.2) is 0 Å². The lowest BCUT2D eigenvalue weighted by molar-refractivity contribution is 0.101. The highest BCUT2D eigenvalue weighted by atomic mass is 19.3. The number of fused-ring (bicyclic) bond motifs is 1. The van der Waals surface area contributed by atoms with Gasteiger partial charge in [0, 0.05) is 17.8 Å². The molecule has 0 unspecified atom stereocenters. The largest absolute Gasteiger partial charge is 0.380 e. The molecule has 0 aliphatic heterocycles. The minimum absolute atomic E-state index is 0.0587. The van der Waals surface area contributed by atoms with Crippen molar-refractivity contribution in [2.75, 3.05) is 10.6 Å². The number of halogens is 2. The number of anilines is 2. The first-order valence-electron chi connectivity index (χ1n) is 9.57. The lowest BCUT2D eigenvalue weighted by atomic mass is 9.90. The van der Waals surface area contributed by atoms with Crippen molar-refractivity contribution in [3.63, 3.8) is 0 Å². The fraction of sp³-hybridized carbons (Fsp3) is 0.350. The summed E-state index contributed by atoms with van der Waals surface area (Å²) >= 11 is 0. The lowest BCUT2D eigenvalue weighted by Crippen LogP contribution is -2.42. The molecule has 1 aromatic carbocycles. The van der Waals surface area contributed by atoms with Crippen molar-refractivity contribution in [1.29, 1.82) is 0 Å². The molecule has 3 aromatic rings. The van der Waals surface area contributed by atoms with E-state index < -0.39 is 12.3 Å². The Hall–Kier alpha value is -3.07. The Kier molecular flexibility index (Phi) is 5.39. The van der Waals surface area contributed by atoms with Crippen molar-refractivity contribution in [3.8, 4) is 0 Å². The van der Waals surface area contributed by atoms with E-state index in [0.717, 1.165) is 25.7 Å². The number of nitrogens with two attached hydrogens (primary N) is 1. The van der Waals surface area contributed by atoms with E-state index in [1.807, 2.05) is 0 Å². The molecule has 2 heterocycles. The fourth-order valence-corrected chi connectivity index (χ4v) is 3.79. The third kappa shape index (κ3) is 3.91. The van der Waals surface area contributed by atoms with Crippen LogP contribution in [0.4, 0.5) is 20.2 Å². The fourth-order valence-electron chi connectivity index (χ4n) is 3.79. The van der Waals surface area contributed by atoms with Gasteiger partial charge in [-0.3, -0.25) is 4.79 Å². The monoisotopic (exact) mass is 400 g/mol. The number of nitrogens with zero attached hydrogens (tertiary/aromatic N) is 3. The highest BCUT2D eigenvalue weighted by molar-refractivity contribution is 6.04. The van der Waals surface area contributed by atoms with E-state index in [4.69, 9.17) is 5.73 Å². The van der Waals surface area contributed by atoms with Crippen LogP contribution in [0, 0.1) is 0 Å². The summed E-state index contributed by atoms with van der Waals surface area (Å²) < 4.78 is 29.3. The highest BCUT2D eigenvalue weighted by Gasteiger charge is 2.26. The van der Waals surface area contributed by atoms with E-state index in [9.17, 15) is 13.6 Å². The normalized spacial score (nSPS) is 19.4. The van der Waals surface area contributed by atoms with Gasteiger partial charge < -0.3 is 16.4 Å². The molecule has 2 atom stereocenters. The summed E-state index contributed by atoms with van der Waals surface area (Å²) in [4.78, 5) is 16.6. The molecule has 1 amide bonds. The summed E-state index contributed by atoms with van der Waals surface area (Å²) in [5, 5.41) is 9.82. The van der Waals surface area contributed by atoms with Crippen LogP contribution in [0.3, 0.4) is 0 Å². The molecule has 0 saturated heterocycles. The smallest absolute Gasteiger partial charge is 0.274 e. The maximum Gasteiger partial charge on any atom is 0.274 e. The Balaban J connectivity index is 1.62. The summed E-state index contributed by atoms with van der Waals surface area (Å²) in [5.74, 6) is -0.530. The van der Waals surface area contributed by atoms with E-state index in [0.29, 0.717) is 11.2 Å². The van der Waals surface area contributed by atoms with Crippen LogP contribution in [0.2, 0.25) is 0 Å². The number of amides is 1. The standard InChI is InChI=1S/C20H22F2N6O/c21-19(22)18-15(26-14-5-2-1-4-13(14)23)6-3-7-16(18)27-20(29)17-9-8-12-10-24-11-25-28(12)17/h3,6-11,13-14,19,26H,1-2,4-5,23H2,(H,27,29)/t13-,14+/m0/s1. The second kappa shape index (κ2) is 8.12. The topological polar surface area (TPSA) is 97.3 Å². The molecule has 1 fully saturated rings. The van der Waals surface area contributed by atoms with Crippen molar-refractivity contribution in [2.45, 2.75) is 44.2 Å². The van der Waals surface area contributed by atoms with E-state index in [1.54, 1.807) is 30.5 Å². The van der Waals surface area contributed by atoms with Gasteiger partial charge in [-0.2, -0.15) is 5.10 Å². The van der Waals surface area contributed by atoms with Crippen LogP contribution in [0.25, 0.3) is 5.52 Å². The van der Waals surface area contributed by atoms with Crippen LogP contribution in [-0.4, -0.2) is 32.6 Å². The molecule has 1 saturated carbocycles. The number of benzene rings is 1. The molecule has 9 heteroatoms. The first-order chi connectivity index (χ1) is 14.0. The summed E-state index contributed by atoms with van der Waals surface area (Å²) in [5.41, 5.74) is 7.13. The molecular formula is C20H22F2N6O. The van der Waals surface area contributed by atoms with Crippen molar-refractivity contribution in [2.24, 2.45) is 5.73 Å². The Morgan fingerprint density at radius 3 is 2.76 bits per heavy atom. The van der Waals surface area contributed by atoms with Gasteiger partial charge >= 0.3 is 0 Å². The Bertz CT molecular complexity index is 1020. The number of aromatic nitrogens is 3. The Morgan fingerprint density at radius 2 is 1.97 bits per heavy atom. The average molecular weight is 400 g/mol. The SMILES string of the molecule is N[C@H]1CCCC[C@H]1Nc1cccc(NC(=O)c2ccc3cncnn23)c1C(F)F. The highest BCUT2D eigenvalue weighted by Crippen LogP contribution is 2.35. The van der Waals surface area contributed by atoms with Gasteiger partial charge in [-0.1, -0.05) is 18.9 Å². The molecule has 4 N–H and O–H groups in total. The number of hydrogen-bond donors (Lipinski definition) is 3. The van der Waals surface area contributed by atoms with Crippen molar-refractivity contribution in [1.82, 2.24) is 14.6 Å². The van der Waals surface area contributed by atoms with E-state index in [2.05, 4.69) is 20.7 Å². The zero-order valence-corrected chi connectivity index (χ0v) is 15.7. The van der Waals surface area contributed by atoms with Gasteiger partial charge in [0.05, 0.1) is 23.0 Å². The van der Waals surface area contributed by atoms with E-state index >= 15 is 0 Å². The average Bonchev–Trinajstić information content (AvgIpc) is 3.14. The molecule has 29 heavy (non-hydrogen) atoms. The van der Waals surface area contributed by atoms with E-state index in [-0.39, 0.29) is 29.0 Å². The zero-order chi connectivity index (χ0) is 20.4. The molecule has 152 valence electrons. The van der Waals surface area contributed by atoms with E-state index in [1.165, 1.54) is 16.9 Å². The third-order valence-corrected chi connectivity index (χ3v) is 5.29. The molecule has 1 aliphatic carbocycles. The van der Waals surface area contributed by atoms with Crippen molar-refractivity contribution in [3.05, 3.63) is 54.1 Å². The van der Waals surface area contributed by atoms with Gasteiger partial charge in [0.1, 0.15) is 12.0 Å². The van der Waals surface area contributed by atoms with Gasteiger partial charge in [0.2, 0.25) is 0 Å². The van der Waals surface area contributed by atoms with Crippen LogP contribution in [0.15, 0.2) is 42.9 Å². The first-order valence-corrected chi connectivity index (χ1v) is 9.57.